The lowest BCUT2D eigenvalue weighted by atomic mass is 10.1. The molecule has 4 nitrogen and oxygen atoms in total. The zero-order valence-electron chi connectivity index (χ0n) is 8.38. The molecule has 80 valence electrons. The molecule has 3 unspecified atom stereocenters. The average molecular weight is 218 g/mol. The maximum atomic E-state index is 11.7. The van der Waals surface area contributed by atoms with Crippen molar-refractivity contribution in [1.82, 2.24) is 0 Å². The Morgan fingerprint density at radius 3 is 2.36 bits per heavy atom. The molecule has 0 aromatic carbocycles. The van der Waals surface area contributed by atoms with Crippen LogP contribution in [0, 0.1) is 11.8 Å². The van der Waals surface area contributed by atoms with Gasteiger partial charge in [-0.3, -0.25) is 13.6 Å². The van der Waals surface area contributed by atoms with Gasteiger partial charge >= 0.3 is 7.82 Å². The third-order valence-electron chi connectivity index (χ3n) is 2.93. The minimum atomic E-state index is -3.29. The summed E-state index contributed by atoms with van der Waals surface area (Å²) in [6, 6.07) is 0. The van der Waals surface area contributed by atoms with E-state index in [0.717, 1.165) is 12.8 Å². The summed E-state index contributed by atoms with van der Waals surface area (Å²) in [6.07, 6.45) is 6.37. The molecule has 0 aliphatic heterocycles. The summed E-state index contributed by atoms with van der Waals surface area (Å²) < 4.78 is 26.6. The Morgan fingerprint density at radius 1 is 1.21 bits per heavy atom. The monoisotopic (exact) mass is 218 g/mol. The van der Waals surface area contributed by atoms with E-state index in [9.17, 15) is 4.57 Å². The quantitative estimate of drug-likeness (QED) is 0.536. The second-order valence-electron chi connectivity index (χ2n) is 3.74. The molecule has 2 aliphatic rings. The van der Waals surface area contributed by atoms with Crippen molar-refractivity contribution in [2.45, 2.75) is 18.9 Å². The summed E-state index contributed by atoms with van der Waals surface area (Å²) in [5, 5.41) is 0. The second-order valence-corrected chi connectivity index (χ2v) is 5.57. The van der Waals surface area contributed by atoms with Crippen LogP contribution in [0.25, 0.3) is 0 Å². The van der Waals surface area contributed by atoms with Crippen LogP contribution in [0.3, 0.4) is 0 Å². The number of phosphoric acid groups is 1. The van der Waals surface area contributed by atoms with Gasteiger partial charge in [0.25, 0.3) is 0 Å². The Labute approximate surface area is 83.8 Å². The normalized spacial score (nSPS) is 35.4. The highest BCUT2D eigenvalue weighted by molar-refractivity contribution is 7.48. The molecule has 3 atom stereocenters. The van der Waals surface area contributed by atoms with Crippen LogP contribution in [0.1, 0.15) is 12.8 Å². The first-order chi connectivity index (χ1) is 6.67. The van der Waals surface area contributed by atoms with Crippen LogP contribution in [0.5, 0.6) is 0 Å². The van der Waals surface area contributed by atoms with E-state index in [0.29, 0.717) is 11.8 Å². The van der Waals surface area contributed by atoms with E-state index in [2.05, 4.69) is 12.2 Å². The fraction of sp³-hybridized carbons (Fsp3) is 0.778. The van der Waals surface area contributed by atoms with E-state index in [1.165, 1.54) is 14.2 Å². The molecule has 0 heterocycles. The highest BCUT2D eigenvalue weighted by atomic mass is 31.2. The SMILES string of the molecule is COP(=O)(OC)OC1CC2C=CC1C2. The molecule has 5 heteroatoms. The number of hydrogen-bond donors (Lipinski definition) is 0. The van der Waals surface area contributed by atoms with Gasteiger partial charge in [-0.2, -0.15) is 0 Å². The molecule has 0 radical (unpaired) electrons. The molecule has 14 heavy (non-hydrogen) atoms. The molecule has 0 N–H and O–H groups in total. The largest absolute Gasteiger partial charge is 0.474 e. The van der Waals surface area contributed by atoms with Crippen molar-refractivity contribution in [2.75, 3.05) is 14.2 Å². The zero-order chi connectivity index (χ0) is 10.2. The molecule has 1 saturated carbocycles. The minimum absolute atomic E-state index is 0.00395. The molecular weight excluding hydrogens is 203 g/mol. The lowest BCUT2D eigenvalue weighted by molar-refractivity contribution is 0.0911. The number of allylic oxidation sites excluding steroid dienone is 1. The van der Waals surface area contributed by atoms with Crippen LogP contribution >= 0.6 is 7.82 Å². The highest BCUT2D eigenvalue weighted by Gasteiger charge is 2.41. The smallest absolute Gasteiger partial charge is 0.290 e. The van der Waals surface area contributed by atoms with Gasteiger partial charge in [-0.1, -0.05) is 12.2 Å². The predicted octanol–water partition coefficient (Wildman–Crippen LogP) is 2.37. The van der Waals surface area contributed by atoms with Crippen LogP contribution < -0.4 is 0 Å². The highest BCUT2D eigenvalue weighted by Crippen LogP contribution is 2.53. The van der Waals surface area contributed by atoms with Crippen LogP contribution in [0.4, 0.5) is 0 Å². The van der Waals surface area contributed by atoms with E-state index in [4.69, 9.17) is 13.6 Å². The van der Waals surface area contributed by atoms with Gasteiger partial charge in [0.15, 0.2) is 0 Å². The maximum Gasteiger partial charge on any atom is 0.474 e. The first kappa shape index (κ1) is 10.4. The Kier molecular flexibility index (Phi) is 2.80. The van der Waals surface area contributed by atoms with Gasteiger partial charge in [0.1, 0.15) is 0 Å². The summed E-state index contributed by atoms with van der Waals surface area (Å²) in [6.45, 7) is 0. The third-order valence-corrected chi connectivity index (χ3v) is 4.35. The molecule has 0 aromatic rings. The minimum Gasteiger partial charge on any atom is -0.290 e. The maximum absolute atomic E-state index is 11.7. The van der Waals surface area contributed by atoms with E-state index in [1.807, 2.05) is 0 Å². The lowest BCUT2D eigenvalue weighted by Crippen LogP contribution is -2.17. The van der Waals surface area contributed by atoms with E-state index < -0.39 is 7.82 Å². The number of phosphoric ester groups is 1. The third kappa shape index (κ3) is 1.80. The van der Waals surface area contributed by atoms with Crippen molar-refractivity contribution in [3.8, 4) is 0 Å². The van der Waals surface area contributed by atoms with Crippen molar-refractivity contribution in [1.29, 1.82) is 0 Å². The summed E-state index contributed by atoms with van der Waals surface area (Å²) in [5.74, 6) is 0.978. The first-order valence-electron chi connectivity index (χ1n) is 4.75. The molecule has 0 amide bonds. The van der Waals surface area contributed by atoms with E-state index in [-0.39, 0.29) is 6.10 Å². The summed E-state index contributed by atoms with van der Waals surface area (Å²) in [5.41, 5.74) is 0. The van der Waals surface area contributed by atoms with Crippen LogP contribution in [0.2, 0.25) is 0 Å². The van der Waals surface area contributed by atoms with Gasteiger partial charge in [-0.25, -0.2) is 4.57 Å². The molecule has 0 saturated heterocycles. The van der Waals surface area contributed by atoms with Crippen LogP contribution in [-0.2, 0) is 18.1 Å². The summed E-state index contributed by atoms with van der Waals surface area (Å²) in [4.78, 5) is 0. The fourth-order valence-electron chi connectivity index (χ4n) is 2.18. The number of hydrogen-bond acceptors (Lipinski definition) is 4. The summed E-state index contributed by atoms with van der Waals surface area (Å²) >= 11 is 0. The number of rotatable bonds is 4. The van der Waals surface area contributed by atoms with Crippen molar-refractivity contribution in [3.63, 3.8) is 0 Å². The van der Waals surface area contributed by atoms with Crippen molar-refractivity contribution in [2.24, 2.45) is 11.8 Å². The molecule has 0 spiro atoms. The molecule has 2 aliphatic carbocycles. The van der Waals surface area contributed by atoms with Crippen molar-refractivity contribution in [3.05, 3.63) is 12.2 Å². The Balaban J connectivity index is 1.98. The Bertz CT molecular complexity index is 281. The van der Waals surface area contributed by atoms with Gasteiger partial charge in [0, 0.05) is 20.1 Å². The van der Waals surface area contributed by atoms with E-state index >= 15 is 0 Å². The topological polar surface area (TPSA) is 44.8 Å². The average Bonchev–Trinajstić information content (AvgIpc) is 2.79. The predicted molar refractivity (Wildman–Crippen MR) is 51.9 cm³/mol. The summed E-state index contributed by atoms with van der Waals surface area (Å²) in [7, 11) is -0.613. The fourth-order valence-corrected chi connectivity index (χ4v) is 3.07. The molecule has 2 bridgehead atoms. The van der Waals surface area contributed by atoms with Crippen LogP contribution in [-0.4, -0.2) is 20.3 Å². The van der Waals surface area contributed by atoms with Gasteiger partial charge in [0.2, 0.25) is 0 Å². The Hall–Kier alpha value is -0.150. The van der Waals surface area contributed by atoms with Gasteiger partial charge in [0.05, 0.1) is 6.10 Å². The van der Waals surface area contributed by atoms with Gasteiger partial charge < -0.3 is 0 Å². The molecule has 2 rings (SSSR count). The first-order valence-corrected chi connectivity index (χ1v) is 6.21. The lowest BCUT2D eigenvalue weighted by Gasteiger charge is -2.22. The Morgan fingerprint density at radius 2 is 1.93 bits per heavy atom. The molecule has 1 fully saturated rings. The zero-order valence-corrected chi connectivity index (χ0v) is 9.28. The van der Waals surface area contributed by atoms with Gasteiger partial charge in [-0.05, 0) is 18.8 Å². The standard InChI is InChI=1S/C9H15O4P/c1-11-14(10,12-2)13-9-6-7-3-4-8(9)5-7/h3-4,7-9H,5-6H2,1-2H3. The van der Waals surface area contributed by atoms with Crippen molar-refractivity contribution < 1.29 is 18.1 Å². The van der Waals surface area contributed by atoms with E-state index in [1.54, 1.807) is 0 Å². The molecule has 0 aromatic heterocycles. The number of fused-ring (bicyclic) bond motifs is 2. The molecular formula is C9H15O4P. The van der Waals surface area contributed by atoms with Gasteiger partial charge in [-0.15, -0.1) is 0 Å². The van der Waals surface area contributed by atoms with Crippen LogP contribution in [0.15, 0.2) is 12.2 Å². The second kappa shape index (κ2) is 3.78. The van der Waals surface area contributed by atoms with Crippen molar-refractivity contribution >= 4 is 7.82 Å².